The highest BCUT2D eigenvalue weighted by molar-refractivity contribution is 5.34. The van der Waals surface area contributed by atoms with Gasteiger partial charge < -0.3 is 10.2 Å². The minimum absolute atomic E-state index is 0.363. The minimum atomic E-state index is 0.363. The molecule has 0 radical (unpaired) electrons. The zero-order chi connectivity index (χ0) is 14.7. The van der Waals surface area contributed by atoms with Crippen LogP contribution in [0.5, 0.6) is 0 Å². The lowest BCUT2D eigenvalue weighted by Gasteiger charge is -2.41. The molecule has 21 heavy (non-hydrogen) atoms. The topological polar surface area (TPSA) is 15.3 Å². The predicted molar refractivity (Wildman–Crippen MR) is 89.6 cm³/mol. The van der Waals surface area contributed by atoms with Gasteiger partial charge in [0, 0.05) is 6.04 Å². The van der Waals surface area contributed by atoms with Gasteiger partial charge in [-0.2, -0.15) is 0 Å². The molecule has 0 bridgehead atoms. The molecule has 1 aliphatic heterocycles. The van der Waals surface area contributed by atoms with Gasteiger partial charge >= 0.3 is 0 Å². The van der Waals surface area contributed by atoms with Gasteiger partial charge in [-0.1, -0.05) is 38.1 Å². The summed E-state index contributed by atoms with van der Waals surface area (Å²) in [5.41, 5.74) is 3.45. The molecule has 0 aromatic heterocycles. The molecule has 2 nitrogen and oxygen atoms in total. The molecule has 1 heterocycles. The van der Waals surface area contributed by atoms with Crippen molar-refractivity contribution in [2.75, 3.05) is 26.2 Å². The normalized spacial score (nSPS) is 25.0. The first-order chi connectivity index (χ1) is 10.2. The quantitative estimate of drug-likeness (QED) is 0.829. The van der Waals surface area contributed by atoms with Crippen LogP contribution in [0.1, 0.15) is 56.7 Å². The number of nitrogens with one attached hydrogen (secondary N) is 1. The predicted octanol–water partition coefficient (Wildman–Crippen LogP) is 3.78. The van der Waals surface area contributed by atoms with E-state index >= 15 is 0 Å². The van der Waals surface area contributed by atoms with Crippen LogP contribution < -0.4 is 5.32 Å². The van der Waals surface area contributed by atoms with Gasteiger partial charge in [0.2, 0.25) is 0 Å². The molecule has 1 aliphatic carbocycles. The molecule has 0 spiro atoms. The van der Waals surface area contributed by atoms with E-state index in [9.17, 15) is 0 Å². The van der Waals surface area contributed by atoms with Gasteiger partial charge in [0.15, 0.2) is 0 Å². The first-order valence-electron chi connectivity index (χ1n) is 8.70. The highest BCUT2D eigenvalue weighted by Gasteiger charge is 2.35. The van der Waals surface area contributed by atoms with E-state index in [0.717, 1.165) is 6.54 Å². The highest BCUT2D eigenvalue weighted by Crippen LogP contribution is 2.43. The highest BCUT2D eigenvalue weighted by atomic mass is 15.1. The standard InChI is InChI=1S/C19H30N2/c1-19(2)11-10-16-8-3-4-9-17(16)18(19)20-12-7-15-21-13-5-6-14-21/h3-4,8-9,18,20H,5-7,10-15H2,1-2H3. The Kier molecular flexibility index (Phi) is 4.66. The van der Waals surface area contributed by atoms with E-state index in [4.69, 9.17) is 0 Å². The number of fused-ring (bicyclic) bond motifs is 1. The van der Waals surface area contributed by atoms with E-state index in [1.165, 1.54) is 57.3 Å². The first-order valence-corrected chi connectivity index (χ1v) is 8.70. The fraction of sp³-hybridized carbons (Fsp3) is 0.684. The first kappa shape index (κ1) is 15.1. The Morgan fingerprint density at radius 1 is 1.19 bits per heavy atom. The van der Waals surface area contributed by atoms with Crippen molar-refractivity contribution in [3.8, 4) is 0 Å². The lowest BCUT2D eigenvalue weighted by Crippen LogP contribution is -2.39. The summed E-state index contributed by atoms with van der Waals surface area (Å²) in [5, 5.41) is 3.87. The summed E-state index contributed by atoms with van der Waals surface area (Å²) in [6.07, 6.45) is 6.59. The van der Waals surface area contributed by atoms with E-state index in [2.05, 4.69) is 48.3 Å². The van der Waals surface area contributed by atoms with Crippen LogP contribution in [-0.4, -0.2) is 31.1 Å². The van der Waals surface area contributed by atoms with Crippen LogP contribution in [0.25, 0.3) is 0 Å². The molecule has 116 valence electrons. The van der Waals surface area contributed by atoms with Crippen molar-refractivity contribution in [1.82, 2.24) is 10.2 Å². The number of hydrogen-bond acceptors (Lipinski definition) is 2. The second-order valence-electron chi connectivity index (χ2n) is 7.48. The summed E-state index contributed by atoms with van der Waals surface area (Å²) < 4.78 is 0. The van der Waals surface area contributed by atoms with Crippen LogP contribution in [0.15, 0.2) is 24.3 Å². The molecule has 1 aromatic carbocycles. The molecule has 1 aromatic rings. The van der Waals surface area contributed by atoms with Crippen molar-refractivity contribution >= 4 is 0 Å². The number of aryl methyl sites for hydroxylation is 1. The SMILES string of the molecule is CC1(C)CCc2ccccc2C1NCCCN1CCCC1. The molecule has 2 aliphatic rings. The molecule has 2 heteroatoms. The Morgan fingerprint density at radius 2 is 1.95 bits per heavy atom. The van der Waals surface area contributed by atoms with Gasteiger partial charge in [-0.05, 0) is 74.8 Å². The number of rotatable bonds is 5. The van der Waals surface area contributed by atoms with E-state index < -0.39 is 0 Å². The zero-order valence-electron chi connectivity index (χ0n) is 13.7. The van der Waals surface area contributed by atoms with Crippen molar-refractivity contribution in [2.45, 2.75) is 52.0 Å². The van der Waals surface area contributed by atoms with Crippen molar-refractivity contribution in [1.29, 1.82) is 0 Å². The Morgan fingerprint density at radius 3 is 2.76 bits per heavy atom. The van der Waals surface area contributed by atoms with Crippen molar-refractivity contribution in [2.24, 2.45) is 5.41 Å². The number of hydrogen-bond donors (Lipinski definition) is 1. The molecule has 1 N–H and O–H groups in total. The smallest absolute Gasteiger partial charge is 0.0374 e. The average Bonchev–Trinajstić information content (AvgIpc) is 2.98. The fourth-order valence-electron chi connectivity index (χ4n) is 4.01. The Balaban J connectivity index is 1.57. The van der Waals surface area contributed by atoms with Crippen molar-refractivity contribution < 1.29 is 0 Å². The molecule has 1 unspecified atom stereocenters. The lowest BCUT2D eigenvalue weighted by molar-refractivity contribution is 0.206. The van der Waals surface area contributed by atoms with Gasteiger partial charge in [-0.25, -0.2) is 0 Å². The van der Waals surface area contributed by atoms with Gasteiger partial charge in [-0.3, -0.25) is 0 Å². The zero-order valence-corrected chi connectivity index (χ0v) is 13.7. The monoisotopic (exact) mass is 286 g/mol. The fourth-order valence-corrected chi connectivity index (χ4v) is 4.01. The molecular weight excluding hydrogens is 256 g/mol. The molecule has 3 rings (SSSR count). The maximum atomic E-state index is 3.87. The Hall–Kier alpha value is -0.860. The molecule has 0 saturated carbocycles. The minimum Gasteiger partial charge on any atom is -0.309 e. The van der Waals surface area contributed by atoms with E-state index in [-0.39, 0.29) is 0 Å². The van der Waals surface area contributed by atoms with Crippen molar-refractivity contribution in [3.63, 3.8) is 0 Å². The second-order valence-corrected chi connectivity index (χ2v) is 7.48. The maximum Gasteiger partial charge on any atom is 0.0374 e. The number of benzene rings is 1. The van der Waals surface area contributed by atoms with E-state index in [0.29, 0.717) is 11.5 Å². The summed E-state index contributed by atoms with van der Waals surface area (Å²) in [6.45, 7) is 9.87. The van der Waals surface area contributed by atoms with E-state index in [1.54, 1.807) is 5.56 Å². The number of likely N-dealkylation sites (tertiary alicyclic amines) is 1. The Labute approximate surface area is 129 Å². The summed E-state index contributed by atoms with van der Waals surface area (Å²) in [5.74, 6) is 0. The van der Waals surface area contributed by atoms with Crippen molar-refractivity contribution in [3.05, 3.63) is 35.4 Å². The third-order valence-electron chi connectivity index (χ3n) is 5.38. The Bertz CT molecular complexity index is 460. The molecule has 0 amide bonds. The second kappa shape index (κ2) is 6.50. The van der Waals surface area contributed by atoms with Crippen LogP contribution in [0.4, 0.5) is 0 Å². The molecule has 1 atom stereocenters. The summed E-state index contributed by atoms with van der Waals surface area (Å²) in [7, 11) is 0. The number of nitrogens with zero attached hydrogens (tertiary/aromatic N) is 1. The maximum absolute atomic E-state index is 3.87. The van der Waals surface area contributed by atoms with Crippen LogP contribution in [0, 0.1) is 5.41 Å². The molecule has 1 fully saturated rings. The molecule has 1 saturated heterocycles. The van der Waals surface area contributed by atoms with Gasteiger partial charge in [0.1, 0.15) is 0 Å². The van der Waals surface area contributed by atoms with Crippen LogP contribution >= 0.6 is 0 Å². The summed E-state index contributed by atoms with van der Waals surface area (Å²) >= 11 is 0. The summed E-state index contributed by atoms with van der Waals surface area (Å²) in [6, 6.07) is 9.53. The third-order valence-corrected chi connectivity index (χ3v) is 5.38. The van der Waals surface area contributed by atoms with E-state index in [1.807, 2.05) is 0 Å². The lowest BCUT2D eigenvalue weighted by atomic mass is 9.70. The van der Waals surface area contributed by atoms with Crippen LogP contribution in [-0.2, 0) is 6.42 Å². The van der Waals surface area contributed by atoms with Crippen LogP contribution in [0.3, 0.4) is 0 Å². The molecular formula is C19H30N2. The summed E-state index contributed by atoms with van der Waals surface area (Å²) in [4.78, 5) is 2.61. The third kappa shape index (κ3) is 3.49. The van der Waals surface area contributed by atoms with Gasteiger partial charge in [-0.15, -0.1) is 0 Å². The van der Waals surface area contributed by atoms with Crippen LogP contribution in [0.2, 0.25) is 0 Å². The average molecular weight is 286 g/mol. The largest absolute Gasteiger partial charge is 0.309 e. The van der Waals surface area contributed by atoms with Gasteiger partial charge in [0.25, 0.3) is 0 Å². The van der Waals surface area contributed by atoms with Gasteiger partial charge in [0.05, 0.1) is 0 Å².